The largest absolute Gasteiger partial charge is 0.491 e. The molecule has 1 saturated carbocycles. The third kappa shape index (κ3) is 3.01. The molecule has 1 aliphatic rings. The van der Waals surface area contributed by atoms with Crippen molar-refractivity contribution in [2.75, 3.05) is 6.54 Å². The molecule has 0 aliphatic heterocycles. The fourth-order valence-electron chi connectivity index (χ4n) is 2.52. The monoisotopic (exact) mass is 233 g/mol. The molecule has 0 spiro atoms. The van der Waals surface area contributed by atoms with Crippen molar-refractivity contribution in [1.82, 2.24) is 0 Å². The molecular formula is C15H23NO. The summed E-state index contributed by atoms with van der Waals surface area (Å²) in [5.41, 5.74) is 7.66. The van der Waals surface area contributed by atoms with Gasteiger partial charge in [-0.25, -0.2) is 0 Å². The highest BCUT2D eigenvalue weighted by Crippen LogP contribution is 2.42. The highest BCUT2D eigenvalue weighted by Gasteiger charge is 2.35. The molecule has 0 bridgehead atoms. The number of ether oxygens (including phenoxy) is 1. The fraction of sp³-hybridized carbons (Fsp3) is 0.600. The average Bonchev–Trinajstić information content (AvgIpc) is 2.25. The molecule has 2 nitrogen and oxygen atoms in total. The summed E-state index contributed by atoms with van der Waals surface area (Å²) in [5, 5.41) is 0. The summed E-state index contributed by atoms with van der Waals surface area (Å²) in [6.45, 7) is 4.91. The number of rotatable bonds is 5. The average molecular weight is 233 g/mol. The molecule has 0 amide bonds. The molecule has 2 rings (SSSR count). The highest BCUT2D eigenvalue weighted by molar-refractivity contribution is 5.28. The van der Waals surface area contributed by atoms with Crippen LogP contribution in [0.2, 0.25) is 0 Å². The molecule has 1 aliphatic carbocycles. The highest BCUT2D eigenvalue weighted by atomic mass is 16.5. The summed E-state index contributed by atoms with van der Waals surface area (Å²) in [4.78, 5) is 0. The van der Waals surface area contributed by atoms with Gasteiger partial charge in [0, 0.05) is 0 Å². The van der Waals surface area contributed by atoms with Crippen LogP contribution in [-0.4, -0.2) is 12.6 Å². The quantitative estimate of drug-likeness (QED) is 0.848. The van der Waals surface area contributed by atoms with E-state index < -0.39 is 0 Å². The number of hydrogen-bond acceptors (Lipinski definition) is 2. The lowest BCUT2D eigenvalue weighted by atomic mass is 9.65. The van der Waals surface area contributed by atoms with Gasteiger partial charge in [0.1, 0.15) is 5.75 Å². The van der Waals surface area contributed by atoms with Gasteiger partial charge >= 0.3 is 0 Å². The zero-order valence-electron chi connectivity index (χ0n) is 10.9. The normalized spacial score (nSPS) is 17.9. The molecule has 1 aromatic carbocycles. The maximum Gasteiger partial charge on any atom is 0.119 e. The Morgan fingerprint density at radius 1 is 1.24 bits per heavy atom. The van der Waals surface area contributed by atoms with Crippen LogP contribution in [0.4, 0.5) is 0 Å². The Morgan fingerprint density at radius 3 is 2.29 bits per heavy atom. The fourth-order valence-corrected chi connectivity index (χ4v) is 2.52. The molecule has 2 heteroatoms. The van der Waals surface area contributed by atoms with Crippen LogP contribution < -0.4 is 10.5 Å². The van der Waals surface area contributed by atoms with Gasteiger partial charge < -0.3 is 10.5 Å². The van der Waals surface area contributed by atoms with Gasteiger partial charge in [0.2, 0.25) is 0 Å². The van der Waals surface area contributed by atoms with E-state index in [9.17, 15) is 0 Å². The van der Waals surface area contributed by atoms with Crippen molar-refractivity contribution in [2.45, 2.75) is 45.6 Å². The van der Waals surface area contributed by atoms with E-state index in [-0.39, 0.29) is 6.10 Å². The second-order valence-corrected chi connectivity index (χ2v) is 5.55. The van der Waals surface area contributed by atoms with Gasteiger partial charge in [-0.1, -0.05) is 18.6 Å². The topological polar surface area (TPSA) is 35.2 Å². The number of nitrogens with two attached hydrogens (primary N) is 1. The molecule has 0 heterocycles. The van der Waals surface area contributed by atoms with Crippen molar-refractivity contribution < 1.29 is 4.74 Å². The van der Waals surface area contributed by atoms with Crippen molar-refractivity contribution in [3.05, 3.63) is 29.8 Å². The third-order valence-electron chi connectivity index (χ3n) is 3.72. The maximum atomic E-state index is 5.89. The Bertz CT molecular complexity index is 346. The van der Waals surface area contributed by atoms with Gasteiger partial charge in [0.15, 0.2) is 0 Å². The van der Waals surface area contributed by atoms with E-state index in [1.165, 1.54) is 24.8 Å². The van der Waals surface area contributed by atoms with Crippen molar-refractivity contribution in [3.8, 4) is 5.75 Å². The van der Waals surface area contributed by atoms with Crippen molar-refractivity contribution in [1.29, 1.82) is 0 Å². The Balaban J connectivity index is 1.98. The molecule has 0 radical (unpaired) electrons. The van der Waals surface area contributed by atoms with Gasteiger partial charge in [-0.3, -0.25) is 0 Å². The lowest BCUT2D eigenvalue weighted by Crippen LogP contribution is -2.39. The van der Waals surface area contributed by atoms with E-state index in [1.807, 2.05) is 13.8 Å². The van der Waals surface area contributed by atoms with Crippen molar-refractivity contribution >= 4 is 0 Å². The van der Waals surface area contributed by atoms with E-state index in [0.29, 0.717) is 5.41 Å². The van der Waals surface area contributed by atoms with Crippen LogP contribution in [0.5, 0.6) is 5.75 Å². The Morgan fingerprint density at radius 2 is 1.88 bits per heavy atom. The maximum absolute atomic E-state index is 5.89. The summed E-state index contributed by atoms with van der Waals surface area (Å²) in [6, 6.07) is 8.48. The molecular weight excluding hydrogens is 210 g/mol. The van der Waals surface area contributed by atoms with E-state index in [0.717, 1.165) is 18.7 Å². The smallest absolute Gasteiger partial charge is 0.119 e. The van der Waals surface area contributed by atoms with Gasteiger partial charge in [0.25, 0.3) is 0 Å². The minimum absolute atomic E-state index is 0.239. The van der Waals surface area contributed by atoms with Crippen molar-refractivity contribution in [3.63, 3.8) is 0 Å². The van der Waals surface area contributed by atoms with Gasteiger partial charge in [0.05, 0.1) is 6.10 Å². The first-order valence-electron chi connectivity index (χ1n) is 6.59. The lowest BCUT2D eigenvalue weighted by molar-refractivity contribution is 0.145. The Labute approximate surface area is 104 Å². The van der Waals surface area contributed by atoms with Crippen LogP contribution in [0, 0.1) is 5.41 Å². The van der Waals surface area contributed by atoms with Crippen LogP contribution in [0.25, 0.3) is 0 Å². The minimum Gasteiger partial charge on any atom is -0.491 e. The predicted octanol–water partition coefficient (Wildman–Crippen LogP) is 3.15. The first-order valence-corrected chi connectivity index (χ1v) is 6.59. The summed E-state index contributed by atoms with van der Waals surface area (Å²) in [5.74, 6) is 0.958. The molecule has 0 saturated heterocycles. The zero-order chi connectivity index (χ0) is 12.3. The summed E-state index contributed by atoms with van der Waals surface area (Å²) < 4.78 is 5.64. The van der Waals surface area contributed by atoms with Gasteiger partial charge in [-0.2, -0.15) is 0 Å². The molecule has 0 atom stereocenters. The second kappa shape index (κ2) is 5.09. The number of benzene rings is 1. The molecule has 2 N–H and O–H groups in total. The van der Waals surface area contributed by atoms with Crippen LogP contribution in [0.1, 0.15) is 38.7 Å². The van der Waals surface area contributed by atoms with Crippen molar-refractivity contribution in [2.24, 2.45) is 11.1 Å². The molecule has 1 aromatic rings. The van der Waals surface area contributed by atoms with E-state index in [4.69, 9.17) is 10.5 Å². The van der Waals surface area contributed by atoms with E-state index in [2.05, 4.69) is 24.3 Å². The van der Waals surface area contributed by atoms with E-state index in [1.54, 1.807) is 0 Å². The minimum atomic E-state index is 0.239. The number of hydrogen-bond donors (Lipinski definition) is 1. The molecule has 17 heavy (non-hydrogen) atoms. The summed E-state index contributed by atoms with van der Waals surface area (Å²) in [6.07, 6.45) is 5.27. The molecule has 0 unspecified atom stereocenters. The van der Waals surface area contributed by atoms with Crippen LogP contribution in [-0.2, 0) is 6.42 Å². The Kier molecular flexibility index (Phi) is 3.72. The van der Waals surface area contributed by atoms with E-state index >= 15 is 0 Å². The predicted molar refractivity (Wildman–Crippen MR) is 71.2 cm³/mol. The lowest BCUT2D eigenvalue weighted by Gasteiger charge is -2.41. The van der Waals surface area contributed by atoms with Crippen LogP contribution >= 0.6 is 0 Å². The van der Waals surface area contributed by atoms with Crippen LogP contribution in [0.3, 0.4) is 0 Å². The summed E-state index contributed by atoms with van der Waals surface area (Å²) in [7, 11) is 0. The first kappa shape index (κ1) is 12.4. The first-order chi connectivity index (χ1) is 8.13. The summed E-state index contributed by atoms with van der Waals surface area (Å²) >= 11 is 0. The Hall–Kier alpha value is -1.02. The third-order valence-corrected chi connectivity index (χ3v) is 3.72. The zero-order valence-corrected chi connectivity index (χ0v) is 10.9. The standard InChI is InChI=1S/C15H23NO/c1-12(2)17-14-6-4-13(5-7-14)10-15(11-16)8-3-9-15/h4-7,12H,3,8-11,16H2,1-2H3. The van der Waals surface area contributed by atoms with Gasteiger partial charge in [-0.15, -0.1) is 0 Å². The molecule has 0 aromatic heterocycles. The SMILES string of the molecule is CC(C)Oc1ccc(CC2(CN)CCC2)cc1. The second-order valence-electron chi connectivity index (χ2n) is 5.55. The van der Waals surface area contributed by atoms with Gasteiger partial charge in [-0.05, 0) is 62.8 Å². The molecule has 94 valence electrons. The van der Waals surface area contributed by atoms with Crippen LogP contribution in [0.15, 0.2) is 24.3 Å². The molecule has 1 fully saturated rings.